The summed E-state index contributed by atoms with van der Waals surface area (Å²) in [5, 5.41) is 3.19. The molecule has 2 nitrogen and oxygen atoms in total. The van der Waals surface area contributed by atoms with Gasteiger partial charge in [0.15, 0.2) is 5.82 Å². The van der Waals surface area contributed by atoms with Crippen molar-refractivity contribution in [1.29, 1.82) is 0 Å². The van der Waals surface area contributed by atoms with E-state index < -0.39 is 0 Å². The smallest absolute Gasteiger partial charge is 0.161 e. The highest BCUT2D eigenvalue weighted by molar-refractivity contribution is 9.10. The second-order valence-electron chi connectivity index (χ2n) is 5.04. The Morgan fingerprint density at radius 3 is 2.65 bits per heavy atom. The Balaban J connectivity index is 2.26. The first-order valence-corrected chi connectivity index (χ1v) is 6.57. The van der Waals surface area contributed by atoms with Crippen LogP contribution in [0.1, 0.15) is 25.8 Å². The van der Waals surface area contributed by atoms with Crippen molar-refractivity contribution >= 4 is 38.8 Å². The molecular formula is C12H14BrFN2S. The van der Waals surface area contributed by atoms with Crippen LogP contribution in [0.25, 0.3) is 0 Å². The summed E-state index contributed by atoms with van der Waals surface area (Å²) in [6, 6.07) is 3.75. The standard InChI is InChI=1S/C12H14BrFN2S/c1-12(2)5-8(12)16-7-4-3-6(11(15)17)9(13)10(7)14/h3-4,8,16H,5H2,1-2H3,(H2,15,17). The van der Waals surface area contributed by atoms with Crippen LogP contribution in [-0.2, 0) is 0 Å². The van der Waals surface area contributed by atoms with E-state index in [2.05, 4.69) is 35.1 Å². The summed E-state index contributed by atoms with van der Waals surface area (Å²) in [5.74, 6) is -0.335. The van der Waals surface area contributed by atoms with Crippen molar-refractivity contribution in [3.63, 3.8) is 0 Å². The van der Waals surface area contributed by atoms with Gasteiger partial charge < -0.3 is 11.1 Å². The molecule has 1 aliphatic rings. The van der Waals surface area contributed by atoms with Crippen LogP contribution >= 0.6 is 28.1 Å². The molecule has 1 aromatic rings. The van der Waals surface area contributed by atoms with Gasteiger partial charge in [0.2, 0.25) is 0 Å². The van der Waals surface area contributed by atoms with E-state index in [0.29, 0.717) is 21.8 Å². The average molecular weight is 317 g/mol. The first kappa shape index (κ1) is 12.8. The molecule has 92 valence electrons. The maximum atomic E-state index is 14.0. The summed E-state index contributed by atoms with van der Waals surface area (Å²) in [6.45, 7) is 4.31. The van der Waals surface area contributed by atoms with E-state index in [1.807, 2.05) is 0 Å². The quantitative estimate of drug-likeness (QED) is 0.839. The van der Waals surface area contributed by atoms with Crippen molar-refractivity contribution < 1.29 is 4.39 Å². The number of hydrogen-bond acceptors (Lipinski definition) is 2. The molecule has 0 heterocycles. The summed E-state index contributed by atoms with van der Waals surface area (Å²) >= 11 is 8.04. The first-order valence-electron chi connectivity index (χ1n) is 5.37. The molecule has 1 unspecified atom stereocenters. The van der Waals surface area contributed by atoms with Gasteiger partial charge in [0.05, 0.1) is 10.2 Å². The van der Waals surface area contributed by atoms with Crippen LogP contribution in [0.5, 0.6) is 0 Å². The van der Waals surface area contributed by atoms with Gasteiger partial charge in [0.25, 0.3) is 0 Å². The Labute approximate surface area is 114 Å². The first-order chi connectivity index (χ1) is 7.83. The van der Waals surface area contributed by atoms with Crippen LogP contribution < -0.4 is 11.1 Å². The largest absolute Gasteiger partial charge is 0.389 e. The summed E-state index contributed by atoms with van der Waals surface area (Å²) in [4.78, 5) is 0.189. The van der Waals surface area contributed by atoms with E-state index in [4.69, 9.17) is 18.0 Å². The molecule has 5 heteroatoms. The molecule has 0 bridgehead atoms. The highest BCUT2D eigenvalue weighted by Crippen LogP contribution is 2.47. The van der Waals surface area contributed by atoms with Crippen LogP contribution in [0.3, 0.4) is 0 Å². The minimum atomic E-state index is -0.335. The highest BCUT2D eigenvalue weighted by atomic mass is 79.9. The summed E-state index contributed by atoms with van der Waals surface area (Å²) in [6.07, 6.45) is 1.06. The molecule has 0 aromatic heterocycles. The van der Waals surface area contributed by atoms with Gasteiger partial charge in [0.1, 0.15) is 4.99 Å². The molecule has 0 saturated heterocycles. The SMILES string of the molecule is CC1(C)CC1Nc1ccc(C(N)=S)c(Br)c1F. The number of rotatable bonds is 3. The van der Waals surface area contributed by atoms with Crippen molar-refractivity contribution in [1.82, 2.24) is 0 Å². The molecule has 1 aliphatic carbocycles. The maximum Gasteiger partial charge on any atom is 0.161 e. The van der Waals surface area contributed by atoms with Crippen molar-refractivity contribution in [2.45, 2.75) is 26.3 Å². The predicted molar refractivity (Wildman–Crippen MR) is 75.8 cm³/mol. The normalized spacial score (nSPS) is 21.1. The fourth-order valence-electron chi connectivity index (χ4n) is 1.75. The Bertz CT molecular complexity index is 488. The maximum absolute atomic E-state index is 14.0. The fraction of sp³-hybridized carbons (Fsp3) is 0.417. The predicted octanol–water partition coefficient (Wildman–Crippen LogP) is 3.43. The Kier molecular flexibility index (Phi) is 3.16. The number of hydrogen-bond donors (Lipinski definition) is 2. The number of nitrogens with two attached hydrogens (primary N) is 1. The molecule has 0 aliphatic heterocycles. The van der Waals surface area contributed by atoms with Gasteiger partial charge in [-0.05, 0) is 39.9 Å². The monoisotopic (exact) mass is 316 g/mol. The van der Waals surface area contributed by atoms with Crippen molar-refractivity contribution in [3.8, 4) is 0 Å². The lowest BCUT2D eigenvalue weighted by atomic mass is 10.1. The summed E-state index contributed by atoms with van der Waals surface area (Å²) in [7, 11) is 0. The third kappa shape index (κ3) is 2.45. The number of thiocarbonyl (C=S) groups is 1. The fourth-order valence-corrected chi connectivity index (χ4v) is 2.61. The van der Waals surface area contributed by atoms with Gasteiger partial charge in [-0.1, -0.05) is 26.1 Å². The van der Waals surface area contributed by atoms with Crippen LogP contribution in [0.2, 0.25) is 0 Å². The van der Waals surface area contributed by atoms with E-state index >= 15 is 0 Å². The van der Waals surface area contributed by atoms with Crippen LogP contribution in [0.4, 0.5) is 10.1 Å². The zero-order chi connectivity index (χ0) is 12.8. The highest BCUT2D eigenvalue weighted by Gasteiger charge is 2.45. The Hall–Kier alpha value is -0.680. The van der Waals surface area contributed by atoms with Gasteiger partial charge >= 0.3 is 0 Å². The Morgan fingerprint density at radius 1 is 1.59 bits per heavy atom. The van der Waals surface area contributed by atoms with Gasteiger partial charge in [-0.2, -0.15) is 0 Å². The van der Waals surface area contributed by atoms with E-state index in [1.165, 1.54) is 0 Å². The third-order valence-electron chi connectivity index (χ3n) is 3.19. The Morgan fingerprint density at radius 2 is 2.18 bits per heavy atom. The van der Waals surface area contributed by atoms with Gasteiger partial charge in [-0.3, -0.25) is 0 Å². The number of halogens is 2. The molecule has 1 fully saturated rings. The molecule has 3 N–H and O–H groups in total. The molecule has 0 amide bonds. The molecule has 17 heavy (non-hydrogen) atoms. The second-order valence-corrected chi connectivity index (χ2v) is 6.28. The lowest BCUT2D eigenvalue weighted by molar-refractivity contribution is 0.611. The van der Waals surface area contributed by atoms with Crippen molar-refractivity contribution in [2.75, 3.05) is 5.32 Å². The average Bonchev–Trinajstić information content (AvgIpc) is 2.81. The summed E-state index contributed by atoms with van der Waals surface area (Å²) < 4.78 is 14.4. The number of benzene rings is 1. The third-order valence-corrected chi connectivity index (χ3v) is 4.19. The minimum absolute atomic E-state index is 0.189. The zero-order valence-electron chi connectivity index (χ0n) is 9.68. The van der Waals surface area contributed by atoms with Gasteiger partial charge in [-0.25, -0.2) is 4.39 Å². The molecule has 1 saturated carbocycles. The lowest BCUT2D eigenvalue weighted by Crippen LogP contribution is -2.13. The minimum Gasteiger partial charge on any atom is -0.389 e. The lowest BCUT2D eigenvalue weighted by Gasteiger charge is -2.12. The molecule has 0 radical (unpaired) electrons. The molecule has 0 spiro atoms. The van der Waals surface area contributed by atoms with E-state index in [-0.39, 0.29) is 16.2 Å². The molecule has 2 rings (SSSR count). The molecule has 1 atom stereocenters. The van der Waals surface area contributed by atoms with Crippen LogP contribution in [-0.4, -0.2) is 11.0 Å². The summed E-state index contributed by atoms with van der Waals surface area (Å²) in [5.41, 5.74) is 6.77. The molecular weight excluding hydrogens is 303 g/mol. The zero-order valence-corrected chi connectivity index (χ0v) is 12.1. The number of nitrogens with one attached hydrogen (secondary N) is 1. The van der Waals surface area contributed by atoms with Crippen LogP contribution in [0, 0.1) is 11.2 Å². The van der Waals surface area contributed by atoms with Crippen LogP contribution in [0.15, 0.2) is 16.6 Å². The van der Waals surface area contributed by atoms with E-state index in [1.54, 1.807) is 12.1 Å². The van der Waals surface area contributed by atoms with Crippen molar-refractivity contribution in [3.05, 3.63) is 28.0 Å². The van der Waals surface area contributed by atoms with E-state index in [9.17, 15) is 4.39 Å². The van der Waals surface area contributed by atoms with E-state index in [0.717, 1.165) is 6.42 Å². The topological polar surface area (TPSA) is 38.0 Å². The van der Waals surface area contributed by atoms with Gasteiger partial charge in [-0.15, -0.1) is 0 Å². The number of anilines is 1. The van der Waals surface area contributed by atoms with Gasteiger partial charge in [0, 0.05) is 11.6 Å². The van der Waals surface area contributed by atoms with Crippen molar-refractivity contribution in [2.24, 2.45) is 11.1 Å². The second kappa shape index (κ2) is 4.21. The molecule has 1 aromatic carbocycles.